The molecule has 132 valence electrons. The van der Waals surface area contributed by atoms with Crippen LogP contribution in [0.3, 0.4) is 0 Å². The van der Waals surface area contributed by atoms with Crippen molar-refractivity contribution in [3.8, 4) is 11.4 Å². The lowest BCUT2D eigenvalue weighted by molar-refractivity contribution is 0.0932. The molecule has 0 saturated carbocycles. The fraction of sp³-hybridized carbons (Fsp3) is 0.238. The molecule has 1 N–H and O–H groups in total. The van der Waals surface area contributed by atoms with Gasteiger partial charge < -0.3 is 10.1 Å². The smallest absolute Gasteiger partial charge is 0.251 e. The van der Waals surface area contributed by atoms with Crippen molar-refractivity contribution in [3.63, 3.8) is 0 Å². The van der Waals surface area contributed by atoms with Crippen LogP contribution in [0, 0.1) is 0 Å². The van der Waals surface area contributed by atoms with Gasteiger partial charge in [-0.25, -0.2) is 4.68 Å². The van der Waals surface area contributed by atoms with Crippen LogP contribution in [-0.2, 0) is 6.42 Å². The van der Waals surface area contributed by atoms with E-state index in [0.717, 1.165) is 36.3 Å². The average Bonchev–Trinajstić information content (AvgIpc) is 3.14. The molecule has 2 aromatic carbocycles. The second-order valence-electron chi connectivity index (χ2n) is 6.44. The molecule has 1 unspecified atom stereocenters. The summed E-state index contributed by atoms with van der Waals surface area (Å²) in [6.45, 7) is 0. The van der Waals surface area contributed by atoms with Gasteiger partial charge in [0.2, 0.25) is 0 Å². The van der Waals surface area contributed by atoms with Crippen molar-refractivity contribution in [2.75, 3.05) is 7.11 Å². The van der Waals surface area contributed by atoms with E-state index in [9.17, 15) is 4.79 Å². The Hall–Kier alpha value is -3.08. The van der Waals surface area contributed by atoms with E-state index in [1.165, 1.54) is 5.69 Å². The number of carbonyl (C=O) groups excluding carboxylic acids is 1. The molecule has 0 spiro atoms. The van der Waals surface area contributed by atoms with Crippen molar-refractivity contribution < 1.29 is 9.53 Å². The maximum atomic E-state index is 12.5. The largest absolute Gasteiger partial charge is 0.497 e. The summed E-state index contributed by atoms with van der Waals surface area (Å²) in [6.07, 6.45) is 4.79. The van der Waals surface area contributed by atoms with Gasteiger partial charge in [0.15, 0.2) is 0 Å². The molecular weight excluding hydrogens is 326 g/mol. The SMILES string of the molecule is COc1ccc(-n2ncc3c2CCCC3NC(=O)c2ccccc2)cc1. The highest BCUT2D eigenvalue weighted by Crippen LogP contribution is 2.31. The zero-order valence-electron chi connectivity index (χ0n) is 14.7. The number of carbonyl (C=O) groups is 1. The third-order valence-corrected chi connectivity index (χ3v) is 4.84. The first-order valence-electron chi connectivity index (χ1n) is 8.83. The van der Waals surface area contributed by atoms with Gasteiger partial charge in [-0.15, -0.1) is 0 Å². The van der Waals surface area contributed by atoms with Crippen LogP contribution in [0.1, 0.15) is 40.5 Å². The number of hydrogen-bond acceptors (Lipinski definition) is 3. The van der Waals surface area contributed by atoms with Crippen molar-refractivity contribution in [1.82, 2.24) is 15.1 Å². The molecule has 0 fully saturated rings. The maximum absolute atomic E-state index is 12.5. The summed E-state index contributed by atoms with van der Waals surface area (Å²) < 4.78 is 7.19. The van der Waals surface area contributed by atoms with Crippen LogP contribution in [0.25, 0.3) is 5.69 Å². The Bertz CT molecular complexity index is 901. The number of rotatable bonds is 4. The Kier molecular flexibility index (Phi) is 4.44. The first-order valence-corrected chi connectivity index (χ1v) is 8.83. The Morgan fingerprint density at radius 3 is 2.65 bits per heavy atom. The van der Waals surface area contributed by atoms with Gasteiger partial charge in [0.1, 0.15) is 5.75 Å². The van der Waals surface area contributed by atoms with E-state index < -0.39 is 0 Å². The summed E-state index contributed by atoms with van der Waals surface area (Å²) in [4.78, 5) is 12.5. The van der Waals surface area contributed by atoms with Gasteiger partial charge in [-0.05, 0) is 55.7 Å². The van der Waals surface area contributed by atoms with Gasteiger partial charge >= 0.3 is 0 Å². The van der Waals surface area contributed by atoms with Crippen LogP contribution in [-0.4, -0.2) is 22.8 Å². The van der Waals surface area contributed by atoms with Crippen LogP contribution in [0.2, 0.25) is 0 Å². The van der Waals surface area contributed by atoms with Crippen molar-refractivity contribution in [3.05, 3.63) is 77.6 Å². The lowest BCUT2D eigenvalue weighted by Gasteiger charge is -2.24. The highest BCUT2D eigenvalue weighted by molar-refractivity contribution is 5.94. The van der Waals surface area contributed by atoms with Crippen molar-refractivity contribution in [2.45, 2.75) is 25.3 Å². The Balaban J connectivity index is 1.59. The molecule has 0 bridgehead atoms. The number of nitrogens with zero attached hydrogens (tertiary/aromatic N) is 2. The number of methoxy groups -OCH3 is 1. The second kappa shape index (κ2) is 7.04. The Morgan fingerprint density at radius 1 is 1.15 bits per heavy atom. The monoisotopic (exact) mass is 347 g/mol. The molecule has 0 aliphatic heterocycles. The molecule has 3 aromatic rings. The van der Waals surface area contributed by atoms with E-state index in [1.807, 2.05) is 65.5 Å². The summed E-state index contributed by atoms with van der Waals surface area (Å²) in [7, 11) is 1.66. The lowest BCUT2D eigenvalue weighted by atomic mass is 9.92. The number of fused-ring (bicyclic) bond motifs is 1. The zero-order chi connectivity index (χ0) is 17.9. The van der Waals surface area contributed by atoms with Crippen LogP contribution in [0.15, 0.2) is 60.8 Å². The number of amides is 1. The number of ether oxygens (including phenoxy) is 1. The molecule has 1 aromatic heterocycles. The van der Waals surface area contributed by atoms with Crippen LogP contribution in [0.5, 0.6) is 5.75 Å². The third kappa shape index (κ3) is 3.08. The van der Waals surface area contributed by atoms with E-state index >= 15 is 0 Å². The van der Waals surface area contributed by atoms with Gasteiger partial charge in [-0.2, -0.15) is 5.10 Å². The van der Waals surface area contributed by atoms with Crippen LogP contribution < -0.4 is 10.1 Å². The molecule has 1 aliphatic carbocycles. The topological polar surface area (TPSA) is 56.1 Å². The molecule has 5 nitrogen and oxygen atoms in total. The average molecular weight is 347 g/mol. The van der Waals surface area contributed by atoms with E-state index in [1.54, 1.807) is 7.11 Å². The van der Waals surface area contributed by atoms with E-state index in [2.05, 4.69) is 10.4 Å². The van der Waals surface area contributed by atoms with Crippen molar-refractivity contribution >= 4 is 5.91 Å². The highest BCUT2D eigenvalue weighted by atomic mass is 16.5. The van der Waals surface area contributed by atoms with Crippen LogP contribution in [0.4, 0.5) is 0 Å². The summed E-state index contributed by atoms with van der Waals surface area (Å²) in [5.41, 5.74) is 3.96. The Morgan fingerprint density at radius 2 is 1.92 bits per heavy atom. The quantitative estimate of drug-likeness (QED) is 0.783. The first-order chi connectivity index (χ1) is 12.8. The molecule has 5 heteroatoms. The molecule has 1 amide bonds. The molecule has 1 atom stereocenters. The van der Waals surface area contributed by atoms with Crippen molar-refractivity contribution in [1.29, 1.82) is 0 Å². The van der Waals surface area contributed by atoms with Gasteiger partial charge in [-0.1, -0.05) is 18.2 Å². The van der Waals surface area contributed by atoms with Crippen molar-refractivity contribution in [2.24, 2.45) is 0 Å². The summed E-state index contributed by atoms with van der Waals surface area (Å²) in [5.74, 6) is 0.781. The first kappa shape index (κ1) is 16.4. The van der Waals surface area contributed by atoms with E-state index in [0.29, 0.717) is 5.56 Å². The minimum atomic E-state index is -0.0411. The molecule has 4 rings (SSSR count). The van der Waals surface area contributed by atoms with Gasteiger partial charge in [0.05, 0.1) is 25.0 Å². The predicted octanol–water partition coefficient (Wildman–Crippen LogP) is 3.69. The lowest BCUT2D eigenvalue weighted by Crippen LogP contribution is -2.30. The fourth-order valence-electron chi connectivity index (χ4n) is 3.48. The molecule has 0 saturated heterocycles. The second-order valence-corrected chi connectivity index (χ2v) is 6.44. The third-order valence-electron chi connectivity index (χ3n) is 4.84. The molecular formula is C21H21N3O2. The number of benzene rings is 2. The van der Waals surface area contributed by atoms with Gasteiger partial charge in [0.25, 0.3) is 5.91 Å². The van der Waals surface area contributed by atoms with E-state index in [-0.39, 0.29) is 11.9 Å². The Labute approximate surface area is 152 Å². The standard InChI is InChI=1S/C21H21N3O2/c1-26-17-12-10-16(11-13-17)24-20-9-5-8-19(18(20)14-22-24)23-21(25)15-6-3-2-4-7-15/h2-4,6-7,10-14,19H,5,8-9H2,1H3,(H,23,25). The zero-order valence-corrected chi connectivity index (χ0v) is 14.7. The summed E-state index contributed by atoms with van der Waals surface area (Å²) in [5, 5.41) is 7.74. The molecule has 1 aliphatic rings. The summed E-state index contributed by atoms with van der Waals surface area (Å²) >= 11 is 0. The summed E-state index contributed by atoms with van der Waals surface area (Å²) in [6, 6.07) is 17.2. The fourth-order valence-corrected chi connectivity index (χ4v) is 3.48. The highest BCUT2D eigenvalue weighted by Gasteiger charge is 2.26. The number of hydrogen-bond donors (Lipinski definition) is 1. The molecule has 26 heavy (non-hydrogen) atoms. The molecule has 1 heterocycles. The number of nitrogens with one attached hydrogen (secondary N) is 1. The van der Waals surface area contributed by atoms with Gasteiger partial charge in [0, 0.05) is 16.8 Å². The molecule has 0 radical (unpaired) electrons. The normalized spacial score (nSPS) is 16.0. The number of aromatic nitrogens is 2. The van der Waals surface area contributed by atoms with Crippen LogP contribution >= 0.6 is 0 Å². The minimum Gasteiger partial charge on any atom is -0.497 e. The van der Waals surface area contributed by atoms with Gasteiger partial charge in [-0.3, -0.25) is 4.79 Å². The predicted molar refractivity (Wildman–Crippen MR) is 99.7 cm³/mol. The maximum Gasteiger partial charge on any atom is 0.251 e. The van der Waals surface area contributed by atoms with E-state index in [4.69, 9.17) is 4.74 Å². The minimum absolute atomic E-state index is 0.00143.